The number of nitro benzene ring substituents is 1. The number of halogens is 1. The summed E-state index contributed by atoms with van der Waals surface area (Å²) in [6.45, 7) is 1.47. The van der Waals surface area contributed by atoms with E-state index in [-0.39, 0.29) is 11.4 Å². The second kappa shape index (κ2) is 6.24. The molecule has 24 heavy (non-hydrogen) atoms. The maximum atomic E-state index is 13.4. The van der Waals surface area contributed by atoms with E-state index in [0.29, 0.717) is 11.6 Å². The van der Waals surface area contributed by atoms with Gasteiger partial charge in [-0.2, -0.15) is 0 Å². The van der Waals surface area contributed by atoms with Crippen molar-refractivity contribution in [2.75, 3.05) is 4.72 Å². The zero-order valence-electron chi connectivity index (χ0n) is 12.2. The van der Waals surface area contributed by atoms with Gasteiger partial charge < -0.3 is 5.11 Å². The quantitative estimate of drug-likeness (QED) is 0.627. The molecule has 0 aliphatic heterocycles. The largest absolute Gasteiger partial charge is 0.478 e. The normalized spacial score (nSPS) is 11.1. The number of carboxylic acid groups (broad SMARTS) is 1. The molecule has 0 bridgehead atoms. The average molecular weight is 354 g/mol. The molecular weight excluding hydrogens is 343 g/mol. The molecule has 0 fully saturated rings. The Labute approximate surface area is 135 Å². The maximum absolute atomic E-state index is 13.4. The molecule has 126 valence electrons. The Bertz CT molecular complexity index is 942. The summed E-state index contributed by atoms with van der Waals surface area (Å²) in [6, 6.07) is 5.88. The highest BCUT2D eigenvalue weighted by molar-refractivity contribution is 7.92. The van der Waals surface area contributed by atoms with E-state index in [1.165, 1.54) is 19.1 Å². The SMILES string of the molecule is Cc1cc([N+](=O)[O-])ccc1NS(=O)(=O)c1ccc(F)c(C(=O)O)c1. The van der Waals surface area contributed by atoms with Crippen molar-refractivity contribution >= 4 is 27.4 Å². The van der Waals surface area contributed by atoms with Crippen molar-refractivity contribution in [1.82, 2.24) is 0 Å². The van der Waals surface area contributed by atoms with E-state index in [1.807, 2.05) is 0 Å². The maximum Gasteiger partial charge on any atom is 0.338 e. The van der Waals surface area contributed by atoms with E-state index in [4.69, 9.17) is 5.11 Å². The van der Waals surface area contributed by atoms with Gasteiger partial charge in [0, 0.05) is 12.1 Å². The molecule has 0 amide bonds. The minimum Gasteiger partial charge on any atom is -0.478 e. The Kier molecular flexibility index (Phi) is 4.51. The van der Waals surface area contributed by atoms with E-state index in [0.717, 1.165) is 18.2 Å². The van der Waals surface area contributed by atoms with Crippen molar-refractivity contribution in [3.63, 3.8) is 0 Å². The van der Waals surface area contributed by atoms with Gasteiger partial charge in [-0.15, -0.1) is 0 Å². The number of nitrogens with one attached hydrogen (secondary N) is 1. The summed E-state index contributed by atoms with van der Waals surface area (Å²) in [5.74, 6) is -2.66. The lowest BCUT2D eigenvalue weighted by molar-refractivity contribution is -0.384. The second-order valence-electron chi connectivity index (χ2n) is 4.81. The molecule has 0 aliphatic carbocycles. The van der Waals surface area contributed by atoms with Gasteiger partial charge in [0.05, 0.1) is 21.1 Å². The monoisotopic (exact) mass is 354 g/mol. The molecule has 0 atom stereocenters. The minimum atomic E-state index is -4.19. The number of anilines is 1. The molecule has 0 aliphatic rings. The number of carbonyl (C=O) groups is 1. The van der Waals surface area contributed by atoms with Crippen LogP contribution in [0.3, 0.4) is 0 Å². The number of aryl methyl sites for hydroxylation is 1. The molecule has 2 aromatic carbocycles. The first-order valence-electron chi connectivity index (χ1n) is 6.42. The van der Waals surface area contributed by atoms with Crippen LogP contribution in [-0.2, 0) is 10.0 Å². The van der Waals surface area contributed by atoms with E-state index >= 15 is 0 Å². The predicted octanol–water partition coefficient (Wildman–Crippen LogP) is 2.54. The number of aromatic carboxylic acids is 1. The van der Waals surface area contributed by atoms with Crippen molar-refractivity contribution < 1.29 is 27.6 Å². The fraction of sp³-hybridized carbons (Fsp3) is 0.0714. The number of carboxylic acids is 1. The van der Waals surface area contributed by atoms with Crippen molar-refractivity contribution in [3.8, 4) is 0 Å². The summed E-state index contributed by atoms with van der Waals surface area (Å²) in [4.78, 5) is 20.5. The fourth-order valence-corrected chi connectivity index (χ4v) is 3.07. The number of benzene rings is 2. The smallest absolute Gasteiger partial charge is 0.338 e. The van der Waals surface area contributed by atoms with Crippen LogP contribution in [0.4, 0.5) is 15.8 Å². The summed E-state index contributed by atoms with van der Waals surface area (Å²) in [6.07, 6.45) is 0. The zero-order chi connectivity index (χ0) is 18.1. The highest BCUT2D eigenvalue weighted by Gasteiger charge is 2.20. The van der Waals surface area contributed by atoms with Crippen LogP contribution >= 0.6 is 0 Å². The van der Waals surface area contributed by atoms with Gasteiger partial charge in [-0.05, 0) is 36.8 Å². The molecule has 2 N–H and O–H groups in total. The first kappa shape index (κ1) is 17.3. The third kappa shape index (κ3) is 3.49. The third-order valence-electron chi connectivity index (χ3n) is 3.14. The van der Waals surface area contributed by atoms with Gasteiger partial charge in [0.1, 0.15) is 5.82 Å². The van der Waals surface area contributed by atoms with E-state index in [9.17, 15) is 27.7 Å². The first-order valence-corrected chi connectivity index (χ1v) is 7.91. The van der Waals surface area contributed by atoms with Crippen LogP contribution in [0.15, 0.2) is 41.3 Å². The van der Waals surface area contributed by atoms with Crippen LogP contribution in [-0.4, -0.2) is 24.4 Å². The van der Waals surface area contributed by atoms with Gasteiger partial charge in [-0.25, -0.2) is 17.6 Å². The van der Waals surface area contributed by atoms with Crippen molar-refractivity contribution in [2.24, 2.45) is 0 Å². The molecule has 10 heteroatoms. The van der Waals surface area contributed by atoms with Crippen LogP contribution in [0.5, 0.6) is 0 Å². The summed E-state index contributed by atoms with van der Waals surface area (Å²) in [5, 5.41) is 19.5. The topological polar surface area (TPSA) is 127 Å². The van der Waals surface area contributed by atoms with Crippen molar-refractivity contribution in [2.45, 2.75) is 11.8 Å². The summed E-state index contributed by atoms with van der Waals surface area (Å²) in [5.41, 5.74) is -0.598. The summed E-state index contributed by atoms with van der Waals surface area (Å²) in [7, 11) is -4.19. The highest BCUT2D eigenvalue weighted by Crippen LogP contribution is 2.24. The first-order chi connectivity index (χ1) is 11.1. The molecule has 0 heterocycles. The lowest BCUT2D eigenvalue weighted by Crippen LogP contribution is -2.15. The zero-order valence-corrected chi connectivity index (χ0v) is 13.0. The van der Waals surface area contributed by atoms with Gasteiger partial charge in [0.2, 0.25) is 0 Å². The van der Waals surface area contributed by atoms with E-state index in [2.05, 4.69) is 4.72 Å². The molecule has 0 radical (unpaired) electrons. The number of non-ortho nitro benzene ring substituents is 1. The molecule has 0 saturated carbocycles. The van der Waals surface area contributed by atoms with Crippen molar-refractivity contribution in [3.05, 3.63) is 63.5 Å². The Balaban J connectivity index is 2.41. The molecular formula is C14H11FN2O6S. The summed E-state index contributed by atoms with van der Waals surface area (Å²) >= 11 is 0. The third-order valence-corrected chi connectivity index (χ3v) is 4.51. The number of hydrogen-bond acceptors (Lipinski definition) is 5. The van der Waals surface area contributed by atoms with Gasteiger partial charge in [0.25, 0.3) is 15.7 Å². The van der Waals surface area contributed by atoms with Gasteiger partial charge >= 0.3 is 5.97 Å². The lowest BCUT2D eigenvalue weighted by atomic mass is 10.2. The van der Waals surface area contributed by atoms with E-state index in [1.54, 1.807) is 0 Å². The fourth-order valence-electron chi connectivity index (χ4n) is 1.92. The predicted molar refractivity (Wildman–Crippen MR) is 82.0 cm³/mol. The van der Waals surface area contributed by atoms with Crippen LogP contribution in [0.1, 0.15) is 15.9 Å². The highest BCUT2D eigenvalue weighted by atomic mass is 32.2. The number of hydrogen-bond donors (Lipinski definition) is 2. The van der Waals surface area contributed by atoms with Gasteiger partial charge in [-0.3, -0.25) is 14.8 Å². The Morgan fingerprint density at radius 2 is 1.92 bits per heavy atom. The molecule has 0 unspecified atom stereocenters. The number of sulfonamides is 1. The second-order valence-corrected chi connectivity index (χ2v) is 6.49. The van der Waals surface area contributed by atoms with Crippen LogP contribution in [0.25, 0.3) is 0 Å². The number of nitrogens with zero attached hydrogens (tertiary/aromatic N) is 1. The Hall–Kier alpha value is -3.01. The average Bonchev–Trinajstić information content (AvgIpc) is 2.48. The standard InChI is InChI=1S/C14H11FN2O6S/c1-8-6-9(17(20)21)2-5-13(8)16-24(22,23)10-3-4-12(15)11(7-10)14(18)19/h2-7,16H,1H3,(H,18,19). The van der Waals surface area contributed by atoms with Gasteiger partial charge in [-0.1, -0.05) is 0 Å². The van der Waals surface area contributed by atoms with Crippen LogP contribution < -0.4 is 4.72 Å². The molecule has 8 nitrogen and oxygen atoms in total. The van der Waals surface area contributed by atoms with Crippen LogP contribution in [0.2, 0.25) is 0 Å². The Morgan fingerprint density at radius 1 is 1.25 bits per heavy atom. The lowest BCUT2D eigenvalue weighted by Gasteiger charge is -2.11. The number of rotatable bonds is 5. The van der Waals surface area contributed by atoms with Crippen molar-refractivity contribution in [1.29, 1.82) is 0 Å². The molecule has 0 spiro atoms. The number of nitro groups is 1. The molecule has 0 saturated heterocycles. The molecule has 2 rings (SSSR count). The Morgan fingerprint density at radius 3 is 2.46 bits per heavy atom. The van der Waals surface area contributed by atoms with Gasteiger partial charge in [0.15, 0.2) is 0 Å². The molecule has 0 aromatic heterocycles. The van der Waals surface area contributed by atoms with E-state index < -0.39 is 37.2 Å². The summed E-state index contributed by atoms with van der Waals surface area (Å²) < 4.78 is 40.1. The minimum absolute atomic E-state index is 0.0850. The van der Waals surface area contributed by atoms with Crippen LogP contribution in [0, 0.1) is 22.9 Å². The molecule has 2 aromatic rings.